The van der Waals surface area contributed by atoms with Crippen LogP contribution in [0.3, 0.4) is 0 Å². The number of nitrogens with zero attached hydrogens (tertiary/aromatic N) is 2. The number of benzene rings is 1. The van der Waals surface area contributed by atoms with Crippen molar-refractivity contribution in [3.05, 3.63) is 47.2 Å². The molecule has 0 atom stereocenters. The lowest BCUT2D eigenvalue weighted by molar-refractivity contribution is -0.151. The minimum atomic E-state index is -3.72. The van der Waals surface area contributed by atoms with Gasteiger partial charge < -0.3 is 13.9 Å². The Balaban J connectivity index is 1.55. The maximum Gasteiger partial charge on any atom is 0.338 e. The first-order valence-corrected chi connectivity index (χ1v) is 11.5. The lowest BCUT2D eigenvalue weighted by atomic mass is 9.98. The van der Waals surface area contributed by atoms with E-state index in [0.717, 1.165) is 5.69 Å². The summed E-state index contributed by atoms with van der Waals surface area (Å²) in [6.45, 7) is 5.91. The third kappa shape index (κ3) is 5.31. The zero-order valence-electron chi connectivity index (χ0n) is 17.8. The molecule has 1 aromatic heterocycles. The topological polar surface area (TPSA) is 116 Å². The number of aryl methyl sites for hydroxylation is 2. The van der Waals surface area contributed by atoms with Gasteiger partial charge in [0, 0.05) is 13.1 Å². The van der Waals surface area contributed by atoms with Crippen LogP contribution in [0.2, 0.25) is 0 Å². The zero-order valence-corrected chi connectivity index (χ0v) is 18.6. The van der Waals surface area contributed by atoms with Crippen LogP contribution in [0.1, 0.15) is 47.5 Å². The van der Waals surface area contributed by atoms with Crippen LogP contribution in [-0.4, -0.2) is 49.3 Å². The molecule has 0 spiro atoms. The Morgan fingerprint density at radius 3 is 2.32 bits per heavy atom. The van der Waals surface area contributed by atoms with E-state index in [4.69, 9.17) is 13.9 Å². The number of carbonyl (C=O) groups is 2. The van der Waals surface area contributed by atoms with Gasteiger partial charge in [0.2, 0.25) is 15.9 Å². The molecule has 0 bridgehead atoms. The van der Waals surface area contributed by atoms with Gasteiger partial charge in [-0.05, 0) is 57.9 Å². The normalized spacial score (nSPS) is 15.6. The van der Waals surface area contributed by atoms with Crippen molar-refractivity contribution in [1.29, 1.82) is 0 Å². The van der Waals surface area contributed by atoms with Crippen molar-refractivity contribution in [1.82, 2.24) is 9.29 Å². The molecule has 0 amide bonds. The molecule has 9 nitrogen and oxygen atoms in total. The monoisotopic (exact) mass is 450 g/mol. The third-order valence-electron chi connectivity index (χ3n) is 5.20. The van der Waals surface area contributed by atoms with Gasteiger partial charge in [0.15, 0.2) is 6.61 Å². The summed E-state index contributed by atoms with van der Waals surface area (Å²) in [4.78, 5) is 28.3. The van der Waals surface area contributed by atoms with Crippen molar-refractivity contribution in [2.24, 2.45) is 5.92 Å². The zero-order chi connectivity index (χ0) is 22.6. The van der Waals surface area contributed by atoms with Gasteiger partial charge in [-0.3, -0.25) is 4.79 Å². The molecular formula is C21H26N2O7S. The summed E-state index contributed by atoms with van der Waals surface area (Å²) in [6, 6.07) is 5.65. The standard InChI is InChI=1S/C21H26N2O7S/c1-4-28-20(24)16-5-7-18(8-6-16)31(26,27)23-11-9-17(10-12-23)21(25)29-13-19-22-14(2)15(3)30-19/h5-8,17H,4,9-13H2,1-3H3. The SMILES string of the molecule is CCOC(=O)c1ccc(S(=O)(=O)N2CCC(C(=O)OCc3nc(C)c(C)o3)CC2)cc1. The number of aromatic nitrogens is 1. The molecule has 1 saturated heterocycles. The Kier molecular flexibility index (Phi) is 7.11. The van der Waals surface area contributed by atoms with Gasteiger partial charge in [0.1, 0.15) is 5.76 Å². The average Bonchev–Trinajstić information content (AvgIpc) is 3.09. The van der Waals surface area contributed by atoms with Crippen molar-refractivity contribution in [2.75, 3.05) is 19.7 Å². The third-order valence-corrected chi connectivity index (χ3v) is 7.11. The first-order chi connectivity index (χ1) is 14.7. The second-order valence-electron chi connectivity index (χ2n) is 7.28. The van der Waals surface area contributed by atoms with E-state index >= 15 is 0 Å². The lowest BCUT2D eigenvalue weighted by Gasteiger charge is -2.30. The van der Waals surface area contributed by atoms with Crippen molar-refractivity contribution in [3.63, 3.8) is 0 Å². The average molecular weight is 451 g/mol. The maximum atomic E-state index is 12.9. The first kappa shape index (κ1) is 23.0. The van der Waals surface area contributed by atoms with Crippen LogP contribution in [0, 0.1) is 19.8 Å². The smallest absolute Gasteiger partial charge is 0.338 e. The molecule has 168 valence electrons. The Hall–Kier alpha value is -2.72. The number of rotatable bonds is 7. The summed E-state index contributed by atoms with van der Waals surface area (Å²) in [5, 5.41) is 0. The fraction of sp³-hybridized carbons (Fsp3) is 0.476. The second kappa shape index (κ2) is 9.61. The molecule has 1 aliphatic heterocycles. The van der Waals surface area contributed by atoms with Gasteiger partial charge in [0.05, 0.1) is 28.7 Å². The second-order valence-corrected chi connectivity index (χ2v) is 9.22. The summed E-state index contributed by atoms with van der Waals surface area (Å²) in [7, 11) is -3.72. The van der Waals surface area contributed by atoms with E-state index < -0.39 is 16.0 Å². The van der Waals surface area contributed by atoms with Gasteiger partial charge in [-0.1, -0.05) is 0 Å². The molecule has 1 aromatic carbocycles. The van der Waals surface area contributed by atoms with Crippen molar-refractivity contribution >= 4 is 22.0 Å². The van der Waals surface area contributed by atoms with Gasteiger partial charge in [0.25, 0.3) is 0 Å². The number of oxazole rings is 1. The van der Waals surface area contributed by atoms with E-state index in [1.807, 2.05) is 6.92 Å². The Labute approximate surface area is 181 Å². The molecule has 0 unspecified atom stereocenters. The predicted molar refractivity (Wildman–Crippen MR) is 110 cm³/mol. The number of ether oxygens (including phenoxy) is 2. The maximum absolute atomic E-state index is 12.9. The molecule has 0 aliphatic carbocycles. The van der Waals surface area contributed by atoms with E-state index in [2.05, 4.69) is 4.98 Å². The molecule has 2 aromatic rings. The predicted octanol–water partition coefficient (Wildman–Crippen LogP) is 2.61. The molecule has 1 fully saturated rings. The van der Waals surface area contributed by atoms with Crippen LogP contribution < -0.4 is 0 Å². The van der Waals surface area contributed by atoms with Crippen LogP contribution in [0.15, 0.2) is 33.6 Å². The highest BCUT2D eigenvalue weighted by Crippen LogP contribution is 2.25. The van der Waals surface area contributed by atoms with Crippen LogP contribution in [0.25, 0.3) is 0 Å². The van der Waals surface area contributed by atoms with E-state index in [1.165, 1.54) is 28.6 Å². The Morgan fingerprint density at radius 2 is 1.77 bits per heavy atom. The quantitative estimate of drug-likeness (QED) is 0.591. The van der Waals surface area contributed by atoms with Gasteiger partial charge in [-0.25, -0.2) is 18.2 Å². The number of hydrogen-bond donors (Lipinski definition) is 0. The van der Waals surface area contributed by atoms with Gasteiger partial charge >= 0.3 is 11.9 Å². The first-order valence-electron chi connectivity index (χ1n) is 10.1. The summed E-state index contributed by atoms with van der Waals surface area (Å²) in [6.07, 6.45) is 0.727. The van der Waals surface area contributed by atoms with Crippen molar-refractivity contribution in [2.45, 2.75) is 45.1 Å². The summed E-state index contributed by atoms with van der Waals surface area (Å²) in [5.41, 5.74) is 1.04. The van der Waals surface area contributed by atoms with Gasteiger partial charge in [-0.2, -0.15) is 4.31 Å². The highest BCUT2D eigenvalue weighted by molar-refractivity contribution is 7.89. The highest BCUT2D eigenvalue weighted by atomic mass is 32.2. The highest BCUT2D eigenvalue weighted by Gasteiger charge is 2.33. The van der Waals surface area contributed by atoms with Gasteiger partial charge in [-0.15, -0.1) is 0 Å². The molecule has 0 radical (unpaired) electrons. The lowest BCUT2D eigenvalue weighted by Crippen LogP contribution is -2.40. The van der Waals surface area contributed by atoms with E-state index in [1.54, 1.807) is 13.8 Å². The van der Waals surface area contributed by atoms with Crippen LogP contribution in [-0.2, 0) is 30.9 Å². The van der Waals surface area contributed by atoms with E-state index in [-0.39, 0.29) is 43.1 Å². The molecule has 0 N–H and O–H groups in total. The Morgan fingerprint density at radius 1 is 1.13 bits per heavy atom. The number of sulfonamides is 1. The fourth-order valence-electron chi connectivity index (χ4n) is 3.31. The minimum Gasteiger partial charge on any atom is -0.462 e. The summed E-state index contributed by atoms with van der Waals surface area (Å²) < 4.78 is 42.7. The van der Waals surface area contributed by atoms with E-state index in [9.17, 15) is 18.0 Å². The molecule has 0 saturated carbocycles. The number of piperidine rings is 1. The van der Waals surface area contributed by atoms with Crippen LogP contribution in [0.5, 0.6) is 0 Å². The minimum absolute atomic E-state index is 0.0428. The van der Waals surface area contributed by atoms with Crippen molar-refractivity contribution in [3.8, 4) is 0 Å². The summed E-state index contributed by atoms with van der Waals surface area (Å²) >= 11 is 0. The summed E-state index contributed by atoms with van der Waals surface area (Å²) in [5.74, 6) is -0.241. The number of hydrogen-bond acceptors (Lipinski definition) is 8. The molecule has 3 rings (SSSR count). The molecule has 2 heterocycles. The Bertz CT molecular complexity index is 1020. The van der Waals surface area contributed by atoms with Crippen LogP contribution >= 0.6 is 0 Å². The number of esters is 2. The molecule has 1 aliphatic rings. The fourth-order valence-corrected chi connectivity index (χ4v) is 4.78. The largest absolute Gasteiger partial charge is 0.462 e. The molecule has 10 heteroatoms. The molecular weight excluding hydrogens is 424 g/mol. The molecule has 31 heavy (non-hydrogen) atoms. The van der Waals surface area contributed by atoms with Crippen molar-refractivity contribution < 1.29 is 31.9 Å². The number of carbonyl (C=O) groups excluding carboxylic acids is 2. The van der Waals surface area contributed by atoms with E-state index in [0.29, 0.717) is 30.1 Å². The van der Waals surface area contributed by atoms with Crippen LogP contribution in [0.4, 0.5) is 0 Å².